The third-order valence-electron chi connectivity index (χ3n) is 2.64. The molecule has 0 aromatic carbocycles. The van der Waals surface area contributed by atoms with E-state index in [1.54, 1.807) is 5.57 Å². The van der Waals surface area contributed by atoms with Crippen LogP contribution in [0.3, 0.4) is 0 Å². The van der Waals surface area contributed by atoms with E-state index in [1.165, 1.54) is 38.5 Å². The zero-order valence-corrected chi connectivity index (χ0v) is 7.90. The van der Waals surface area contributed by atoms with Crippen molar-refractivity contribution in [1.82, 2.24) is 0 Å². The second kappa shape index (κ2) is 4.58. The fourth-order valence-electron chi connectivity index (χ4n) is 1.95. The number of allylic oxidation sites excluding steroid dienone is 2. The van der Waals surface area contributed by atoms with Gasteiger partial charge in [-0.1, -0.05) is 37.8 Å². The smallest absolute Gasteiger partial charge is 0.0294 e. The molecule has 0 heterocycles. The quantitative estimate of drug-likeness (QED) is 0.538. The fraction of sp³-hybridized carbons (Fsp3) is 0.818. The van der Waals surface area contributed by atoms with E-state index in [1.807, 2.05) is 0 Å². The van der Waals surface area contributed by atoms with Gasteiger partial charge in [0.05, 0.1) is 0 Å². The largest absolute Gasteiger partial charge is 0.0856 e. The van der Waals surface area contributed by atoms with Crippen molar-refractivity contribution in [3.63, 3.8) is 0 Å². The summed E-state index contributed by atoms with van der Waals surface area (Å²) in [5.41, 5.74) is 1.62. The average molecular weight is 152 g/mol. The predicted octanol–water partition coefficient (Wildman–Crippen LogP) is 3.92. The summed E-state index contributed by atoms with van der Waals surface area (Å²) in [5.74, 6) is 1.01. The zero-order valence-electron chi connectivity index (χ0n) is 7.90. The molecule has 0 aromatic rings. The van der Waals surface area contributed by atoms with Crippen LogP contribution in [0.1, 0.15) is 52.4 Å². The Labute approximate surface area is 70.7 Å². The molecule has 0 N–H and O–H groups in total. The molecule has 1 atom stereocenters. The van der Waals surface area contributed by atoms with Gasteiger partial charge in [0.1, 0.15) is 0 Å². The van der Waals surface area contributed by atoms with Crippen LogP contribution in [0.5, 0.6) is 0 Å². The molecule has 0 aliphatic heterocycles. The Hall–Kier alpha value is -0.260. The van der Waals surface area contributed by atoms with E-state index in [9.17, 15) is 0 Å². The Morgan fingerprint density at radius 3 is 3.00 bits per heavy atom. The van der Waals surface area contributed by atoms with Crippen molar-refractivity contribution in [3.8, 4) is 0 Å². The van der Waals surface area contributed by atoms with Gasteiger partial charge in [-0.25, -0.2) is 0 Å². The summed E-state index contributed by atoms with van der Waals surface area (Å²) in [4.78, 5) is 0. The van der Waals surface area contributed by atoms with E-state index in [-0.39, 0.29) is 0 Å². The highest BCUT2D eigenvalue weighted by molar-refractivity contribution is 5.03. The van der Waals surface area contributed by atoms with E-state index < -0.39 is 0 Å². The van der Waals surface area contributed by atoms with E-state index in [4.69, 9.17) is 0 Å². The Morgan fingerprint density at radius 1 is 1.55 bits per heavy atom. The number of hydrogen-bond donors (Lipinski definition) is 0. The van der Waals surface area contributed by atoms with Crippen LogP contribution in [0.2, 0.25) is 0 Å². The van der Waals surface area contributed by atoms with Crippen LogP contribution >= 0.6 is 0 Å². The maximum Gasteiger partial charge on any atom is -0.0294 e. The van der Waals surface area contributed by atoms with Gasteiger partial charge in [0.2, 0.25) is 0 Å². The fourth-order valence-corrected chi connectivity index (χ4v) is 1.95. The maximum absolute atomic E-state index is 2.41. The highest BCUT2D eigenvalue weighted by Gasteiger charge is 2.11. The van der Waals surface area contributed by atoms with Gasteiger partial charge < -0.3 is 0 Å². The van der Waals surface area contributed by atoms with Crippen LogP contribution in [0.15, 0.2) is 11.6 Å². The average Bonchev–Trinajstić information content (AvgIpc) is 2.01. The summed E-state index contributed by atoms with van der Waals surface area (Å²) in [6.07, 6.45) is 10.8. The van der Waals surface area contributed by atoms with Crippen LogP contribution in [-0.2, 0) is 0 Å². The molecule has 0 aromatic heterocycles. The molecule has 0 spiro atoms. The Kier molecular flexibility index (Phi) is 3.68. The van der Waals surface area contributed by atoms with Gasteiger partial charge in [0.25, 0.3) is 0 Å². The summed E-state index contributed by atoms with van der Waals surface area (Å²) < 4.78 is 0. The second-order valence-electron chi connectivity index (χ2n) is 3.84. The summed E-state index contributed by atoms with van der Waals surface area (Å²) >= 11 is 0. The molecule has 0 radical (unpaired) electrons. The molecule has 0 amide bonds. The van der Waals surface area contributed by atoms with Crippen molar-refractivity contribution in [2.75, 3.05) is 0 Å². The highest BCUT2D eigenvalue weighted by atomic mass is 14.2. The lowest BCUT2D eigenvalue weighted by Crippen LogP contribution is -2.04. The first-order chi connectivity index (χ1) is 5.33. The third kappa shape index (κ3) is 3.09. The van der Waals surface area contributed by atoms with Crippen LogP contribution in [0.25, 0.3) is 0 Å². The molecular formula is C11H20. The van der Waals surface area contributed by atoms with Crippen molar-refractivity contribution < 1.29 is 0 Å². The molecule has 1 unspecified atom stereocenters. The van der Waals surface area contributed by atoms with Gasteiger partial charge in [-0.2, -0.15) is 0 Å². The minimum absolute atomic E-state index is 1.01. The Bertz CT molecular complexity index is 133. The first-order valence-electron chi connectivity index (χ1n) is 4.98. The molecule has 0 fully saturated rings. The van der Waals surface area contributed by atoms with Crippen LogP contribution < -0.4 is 0 Å². The standard InChI is InChI=1S/C11H20/c1-3-4-7-11-8-5-6-10(2)9-11/h6,11H,3-5,7-9H2,1-2H3. The van der Waals surface area contributed by atoms with E-state index >= 15 is 0 Å². The lowest BCUT2D eigenvalue weighted by molar-refractivity contribution is 0.418. The molecular weight excluding hydrogens is 132 g/mol. The van der Waals surface area contributed by atoms with Crippen molar-refractivity contribution in [1.29, 1.82) is 0 Å². The molecule has 0 nitrogen and oxygen atoms in total. The molecule has 1 aliphatic rings. The number of rotatable bonds is 3. The lowest BCUT2D eigenvalue weighted by Gasteiger charge is -2.20. The molecule has 0 bridgehead atoms. The Morgan fingerprint density at radius 2 is 2.36 bits per heavy atom. The van der Waals surface area contributed by atoms with Gasteiger partial charge in [-0.05, 0) is 32.1 Å². The predicted molar refractivity (Wildman–Crippen MR) is 50.6 cm³/mol. The SMILES string of the molecule is CCCCC1CCC=C(C)C1. The van der Waals surface area contributed by atoms with E-state index in [0.29, 0.717) is 0 Å². The molecule has 1 rings (SSSR count). The summed E-state index contributed by atoms with van der Waals surface area (Å²) in [6.45, 7) is 4.56. The zero-order chi connectivity index (χ0) is 8.10. The topological polar surface area (TPSA) is 0 Å². The first-order valence-corrected chi connectivity index (χ1v) is 4.98. The van der Waals surface area contributed by atoms with E-state index in [0.717, 1.165) is 5.92 Å². The van der Waals surface area contributed by atoms with Gasteiger partial charge in [0.15, 0.2) is 0 Å². The number of unbranched alkanes of at least 4 members (excludes halogenated alkanes) is 1. The Balaban J connectivity index is 2.21. The maximum atomic E-state index is 2.41. The molecule has 0 saturated carbocycles. The van der Waals surface area contributed by atoms with E-state index in [2.05, 4.69) is 19.9 Å². The second-order valence-corrected chi connectivity index (χ2v) is 3.84. The molecule has 0 heteroatoms. The van der Waals surface area contributed by atoms with Crippen molar-refractivity contribution in [2.24, 2.45) is 5.92 Å². The highest BCUT2D eigenvalue weighted by Crippen LogP contribution is 2.27. The van der Waals surface area contributed by atoms with Crippen molar-refractivity contribution in [3.05, 3.63) is 11.6 Å². The van der Waals surface area contributed by atoms with Gasteiger partial charge in [-0.15, -0.1) is 0 Å². The number of hydrogen-bond acceptors (Lipinski definition) is 0. The molecule has 11 heavy (non-hydrogen) atoms. The minimum Gasteiger partial charge on any atom is -0.0856 e. The minimum atomic E-state index is 1.01. The van der Waals surface area contributed by atoms with Gasteiger partial charge >= 0.3 is 0 Å². The van der Waals surface area contributed by atoms with Crippen LogP contribution in [-0.4, -0.2) is 0 Å². The summed E-state index contributed by atoms with van der Waals surface area (Å²) in [6, 6.07) is 0. The summed E-state index contributed by atoms with van der Waals surface area (Å²) in [5, 5.41) is 0. The summed E-state index contributed by atoms with van der Waals surface area (Å²) in [7, 11) is 0. The van der Waals surface area contributed by atoms with Crippen molar-refractivity contribution in [2.45, 2.75) is 52.4 Å². The lowest BCUT2D eigenvalue weighted by atomic mass is 9.86. The normalized spacial score (nSPS) is 24.9. The molecule has 1 aliphatic carbocycles. The van der Waals surface area contributed by atoms with Crippen LogP contribution in [0.4, 0.5) is 0 Å². The van der Waals surface area contributed by atoms with Gasteiger partial charge in [0, 0.05) is 0 Å². The monoisotopic (exact) mass is 152 g/mol. The molecule has 64 valence electrons. The molecule has 0 saturated heterocycles. The third-order valence-corrected chi connectivity index (χ3v) is 2.64. The first kappa shape index (κ1) is 8.83. The van der Waals surface area contributed by atoms with Crippen LogP contribution in [0, 0.1) is 5.92 Å². The van der Waals surface area contributed by atoms with Crippen molar-refractivity contribution >= 4 is 0 Å². The van der Waals surface area contributed by atoms with Gasteiger partial charge in [-0.3, -0.25) is 0 Å².